The van der Waals surface area contributed by atoms with Gasteiger partial charge in [-0.2, -0.15) is 16.1 Å². The maximum atomic E-state index is 12.4. The van der Waals surface area contributed by atoms with E-state index in [1.54, 1.807) is 4.31 Å². The van der Waals surface area contributed by atoms with Gasteiger partial charge in [-0.25, -0.2) is 8.42 Å². The van der Waals surface area contributed by atoms with Crippen LogP contribution in [0.2, 0.25) is 0 Å². The zero-order valence-electron chi connectivity index (χ0n) is 11.8. The Kier molecular flexibility index (Phi) is 5.54. The predicted molar refractivity (Wildman–Crippen MR) is 81.2 cm³/mol. The van der Waals surface area contributed by atoms with Crippen LogP contribution < -0.4 is 5.32 Å². The van der Waals surface area contributed by atoms with Gasteiger partial charge in [0.2, 0.25) is 10.0 Å². The first-order valence-electron chi connectivity index (χ1n) is 7.04. The second-order valence-electron chi connectivity index (χ2n) is 5.48. The number of sulfonamides is 1. The monoisotopic (exact) mass is 307 g/mol. The van der Waals surface area contributed by atoms with E-state index >= 15 is 0 Å². The second-order valence-corrected chi connectivity index (χ2v) is 9.45. The van der Waals surface area contributed by atoms with Crippen LogP contribution in [0.25, 0.3) is 0 Å². The molecular weight excluding hydrogens is 282 g/mol. The van der Waals surface area contributed by atoms with E-state index in [1.165, 1.54) is 0 Å². The average Bonchev–Trinajstić information content (AvgIpc) is 2.37. The van der Waals surface area contributed by atoms with Gasteiger partial charge < -0.3 is 5.32 Å². The fourth-order valence-electron chi connectivity index (χ4n) is 2.67. The van der Waals surface area contributed by atoms with Crippen LogP contribution in [0.3, 0.4) is 0 Å². The van der Waals surface area contributed by atoms with E-state index in [0.29, 0.717) is 30.1 Å². The van der Waals surface area contributed by atoms with Gasteiger partial charge in [-0.1, -0.05) is 13.8 Å². The van der Waals surface area contributed by atoms with E-state index < -0.39 is 10.0 Å². The maximum Gasteiger partial charge on any atom is 0.215 e. The second kappa shape index (κ2) is 6.76. The molecule has 19 heavy (non-hydrogen) atoms. The fraction of sp³-hybridized carbons (Fsp3) is 1.00. The Morgan fingerprint density at radius 1 is 1.16 bits per heavy atom. The molecule has 112 valence electrons. The van der Waals surface area contributed by atoms with Crippen molar-refractivity contribution in [3.63, 3.8) is 0 Å². The number of nitrogens with one attached hydrogen (secondary N) is 1. The summed E-state index contributed by atoms with van der Waals surface area (Å²) in [6.07, 6.45) is 0. The summed E-state index contributed by atoms with van der Waals surface area (Å²) in [7, 11) is -3.09. The lowest BCUT2D eigenvalue weighted by molar-refractivity contribution is 0.252. The molecule has 0 aromatic rings. The van der Waals surface area contributed by atoms with Crippen molar-refractivity contribution in [1.29, 1.82) is 0 Å². The van der Waals surface area contributed by atoms with Crippen molar-refractivity contribution in [2.75, 3.05) is 51.6 Å². The number of nitrogens with zero attached hydrogens (tertiary/aromatic N) is 2. The highest BCUT2D eigenvalue weighted by atomic mass is 32.2. The van der Waals surface area contributed by atoms with Gasteiger partial charge in [-0.05, 0) is 0 Å². The molecule has 2 heterocycles. The van der Waals surface area contributed by atoms with Crippen molar-refractivity contribution in [2.24, 2.45) is 0 Å². The van der Waals surface area contributed by atoms with Crippen LogP contribution in [-0.4, -0.2) is 79.7 Å². The number of thioether (sulfide) groups is 1. The van der Waals surface area contributed by atoms with Crippen LogP contribution >= 0.6 is 11.8 Å². The zero-order chi connectivity index (χ0) is 13.9. The molecule has 0 aromatic carbocycles. The summed E-state index contributed by atoms with van der Waals surface area (Å²) in [5.74, 6) is 0.261. The molecule has 2 rings (SSSR count). The van der Waals surface area contributed by atoms with Crippen molar-refractivity contribution < 1.29 is 8.42 Å². The number of hydrogen-bond donors (Lipinski definition) is 1. The van der Waals surface area contributed by atoms with Gasteiger partial charge in [0.1, 0.15) is 0 Å². The Bertz CT molecular complexity index is 372. The van der Waals surface area contributed by atoms with Crippen LogP contribution in [0.1, 0.15) is 13.8 Å². The first kappa shape index (κ1) is 15.6. The molecule has 2 atom stereocenters. The van der Waals surface area contributed by atoms with Crippen molar-refractivity contribution >= 4 is 21.8 Å². The Balaban J connectivity index is 1.86. The van der Waals surface area contributed by atoms with Gasteiger partial charge in [-0.3, -0.25) is 4.90 Å². The molecule has 2 aliphatic rings. The molecule has 0 aliphatic carbocycles. The summed E-state index contributed by atoms with van der Waals surface area (Å²) in [6, 6.07) is 0. The maximum absolute atomic E-state index is 12.4. The van der Waals surface area contributed by atoms with E-state index in [1.807, 2.05) is 11.8 Å². The zero-order valence-corrected chi connectivity index (χ0v) is 13.5. The third-order valence-corrected chi connectivity index (χ3v) is 6.67. The molecule has 0 spiro atoms. The Hall–Kier alpha value is 0.180. The molecule has 2 unspecified atom stereocenters. The Labute approximate surface area is 121 Å². The van der Waals surface area contributed by atoms with Gasteiger partial charge in [0.25, 0.3) is 0 Å². The molecule has 0 radical (unpaired) electrons. The highest BCUT2D eigenvalue weighted by Gasteiger charge is 2.30. The van der Waals surface area contributed by atoms with Crippen molar-refractivity contribution in [3.05, 3.63) is 0 Å². The minimum absolute atomic E-state index is 0.261. The molecule has 2 aliphatic heterocycles. The molecule has 2 saturated heterocycles. The van der Waals surface area contributed by atoms with E-state index in [9.17, 15) is 8.42 Å². The highest BCUT2D eigenvalue weighted by Crippen LogP contribution is 2.26. The SMILES string of the molecule is CC1CN(S(=O)(=O)CCN2CCNCC2)CC(C)S1. The van der Waals surface area contributed by atoms with Crippen LogP contribution in [0, 0.1) is 0 Å². The summed E-state index contributed by atoms with van der Waals surface area (Å²) in [5, 5.41) is 4.08. The standard InChI is InChI=1S/C12H25N3O2S2/c1-11-9-15(10-12(2)18-11)19(16,17)8-7-14-5-3-13-4-6-14/h11-13H,3-10H2,1-2H3. The van der Waals surface area contributed by atoms with Crippen LogP contribution in [0.5, 0.6) is 0 Å². The van der Waals surface area contributed by atoms with Crippen molar-refractivity contribution in [2.45, 2.75) is 24.3 Å². The Morgan fingerprint density at radius 3 is 2.32 bits per heavy atom. The summed E-state index contributed by atoms with van der Waals surface area (Å²) in [5.41, 5.74) is 0. The summed E-state index contributed by atoms with van der Waals surface area (Å²) < 4.78 is 26.5. The van der Waals surface area contributed by atoms with E-state index in [2.05, 4.69) is 24.1 Å². The van der Waals surface area contributed by atoms with Crippen molar-refractivity contribution in [1.82, 2.24) is 14.5 Å². The number of hydrogen-bond acceptors (Lipinski definition) is 5. The minimum Gasteiger partial charge on any atom is -0.314 e. The van der Waals surface area contributed by atoms with Crippen LogP contribution in [-0.2, 0) is 10.0 Å². The molecule has 0 aromatic heterocycles. The molecule has 2 fully saturated rings. The molecule has 0 amide bonds. The lowest BCUT2D eigenvalue weighted by Crippen LogP contribution is -2.48. The first-order chi connectivity index (χ1) is 8.97. The predicted octanol–water partition coefficient (Wildman–Crippen LogP) is 0.0472. The van der Waals surface area contributed by atoms with Gasteiger partial charge in [-0.15, -0.1) is 0 Å². The molecule has 5 nitrogen and oxygen atoms in total. The molecular formula is C12H25N3O2S2. The van der Waals surface area contributed by atoms with Gasteiger partial charge >= 0.3 is 0 Å². The summed E-state index contributed by atoms with van der Waals surface area (Å²) in [4.78, 5) is 2.24. The first-order valence-corrected chi connectivity index (χ1v) is 9.59. The third-order valence-electron chi connectivity index (χ3n) is 3.65. The fourth-order valence-corrected chi connectivity index (χ4v) is 5.83. The molecule has 0 bridgehead atoms. The number of rotatable bonds is 4. The molecule has 1 N–H and O–H groups in total. The molecule has 0 saturated carbocycles. The summed E-state index contributed by atoms with van der Waals surface area (Å²) >= 11 is 1.88. The lowest BCUT2D eigenvalue weighted by atomic mass is 10.4. The minimum atomic E-state index is -3.09. The average molecular weight is 307 g/mol. The van der Waals surface area contributed by atoms with Gasteiger partial charge in [0.15, 0.2) is 0 Å². The van der Waals surface area contributed by atoms with E-state index in [-0.39, 0.29) is 5.75 Å². The number of piperazine rings is 1. The highest BCUT2D eigenvalue weighted by molar-refractivity contribution is 8.00. The largest absolute Gasteiger partial charge is 0.314 e. The van der Waals surface area contributed by atoms with E-state index in [0.717, 1.165) is 26.2 Å². The Morgan fingerprint density at radius 2 is 1.74 bits per heavy atom. The van der Waals surface area contributed by atoms with E-state index in [4.69, 9.17) is 0 Å². The molecule has 7 heteroatoms. The normalized spacial score (nSPS) is 31.5. The summed E-state index contributed by atoms with van der Waals surface area (Å²) in [6.45, 7) is 10.1. The van der Waals surface area contributed by atoms with Crippen LogP contribution in [0.15, 0.2) is 0 Å². The quantitative estimate of drug-likeness (QED) is 0.795. The smallest absolute Gasteiger partial charge is 0.215 e. The van der Waals surface area contributed by atoms with Gasteiger partial charge in [0, 0.05) is 56.3 Å². The lowest BCUT2D eigenvalue weighted by Gasteiger charge is -2.34. The van der Waals surface area contributed by atoms with Crippen LogP contribution in [0.4, 0.5) is 0 Å². The van der Waals surface area contributed by atoms with Crippen molar-refractivity contribution in [3.8, 4) is 0 Å². The third kappa shape index (κ3) is 4.60. The topological polar surface area (TPSA) is 52.7 Å². The van der Waals surface area contributed by atoms with Gasteiger partial charge in [0.05, 0.1) is 5.75 Å².